The molecule has 1 atom stereocenters. The van der Waals surface area contributed by atoms with E-state index in [1.165, 1.54) is 180 Å². The van der Waals surface area contributed by atoms with Crippen LogP contribution in [0.25, 0.3) is 0 Å². The van der Waals surface area contributed by atoms with Crippen LogP contribution in [0.3, 0.4) is 0 Å². The molecule has 0 aliphatic heterocycles. The van der Waals surface area contributed by atoms with Crippen molar-refractivity contribution in [2.75, 3.05) is 13.2 Å². The lowest BCUT2D eigenvalue weighted by Crippen LogP contribution is -2.30. The van der Waals surface area contributed by atoms with Crippen molar-refractivity contribution in [2.45, 2.75) is 290 Å². The van der Waals surface area contributed by atoms with E-state index in [0.717, 1.165) is 57.8 Å². The highest BCUT2D eigenvalue weighted by Gasteiger charge is 2.19. The number of hydrogen-bond donors (Lipinski definition) is 0. The summed E-state index contributed by atoms with van der Waals surface area (Å²) in [7, 11) is 0. The molecule has 0 bridgehead atoms. The van der Waals surface area contributed by atoms with Crippen LogP contribution < -0.4 is 0 Å². The van der Waals surface area contributed by atoms with Crippen molar-refractivity contribution in [3.8, 4) is 0 Å². The molecule has 0 aromatic carbocycles. The molecule has 0 aromatic heterocycles. The molecule has 0 spiro atoms. The minimum atomic E-state index is -0.802. The second-order valence-electron chi connectivity index (χ2n) is 18.1. The summed E-state index contributed by atoms with van der Waals surface area (Å²) in [5.41, 5.74) is 0. The third kappa shape index (κ3) is 48.7. The van der Waals surface area contributed by atoms with E-state index in [4.69, 9.17) is 14.2 Å². The van der Waals surface area contributed by atoms with Crippen LogP contribution in [-0.4, -0.2) is 37.2 Å². The molecule has 0 saturated carbocycles. The fraction of sp³-hybridized carbons (Fsp3) is 0.839. The quantitative estimate of drug-likeness (QED) is 0.0262. The van der Waals surface area contributed by atoms with Crippen LogP contribution in [0.4, 0.5) is 0 Å². The van der Waals surface area contributed by atoms with Gasteiger partial charge in [0.15, 0.2) is 6.10 Å². The molecule has 0 saturated heterocycles. The third-order valence-corrected chi connectivity index (χ3v) is 11.9. The van der Waals surface area contributed by atoms with Crippen LogP contribution >= 0.6 is 0 Å². The Morgan fingerprint density at radius 2 is 0.613 bits per heavy atom. The molecule has 1 unspecified atom stereocenters. The fourth-order valence-electron chi connectivity index (χ4n) is 7.79. The van der Waals surface area contributed by atoms with E-state index < -0.39 is 6.10 Å². The lowest BCUT2D eigenvalue weighted by molar-refractivity contribution is -0.166. The van der Waals surface area contributed by atoms with Crippen molar-refractivity contribution >= 4 is 17.9 Å². The average Bonchev–Trinajstić information content (AvgIpc) is 3.27. The van der Waals surface area contributed by atoms with Crippen molar-refractivity contribution in [1.29, 1.82) is 0 Å². The van der Waals surface area contributed by atoms with E-state index in [0.29, 0.717) is 19.3 Å². The van der Waals surface area contributed by atoms with Crippen LogP contribution in [0.5, 0.6) is 0 Å². The molecule has 0 fully saturated rings. The molecule has 362 valence electrons. The Morgan fingerprint density at radius 3 is 0.968 bits per heavy atom. The maximum absolute atomic E-state index is 12.8. The summed E-state index contributed by atoms with van der Waals surface area (Å²) in [6.07, 6.45) is 60.0. The number of allylic oxidation sites excluding steroid dienone is 6. The summed E-state index contributed by atoms with van der Waals surface area (Å²) < 4.78 is 16.7. The molecular formula is C56H102O6. The molecule has 6 heteroatoms. The van der Waals surface area contributed by atoms with Crippen molar-refractivity contribution < 1.29 is 28.6 Å². The first-order valence-electron chi connectivity index (χ1n) is 27.0. The SMILES string of the molecule is CCCCCCCC/C=C\C/C=C\CCC(=O)OC(COC(=O)CCCCCCC/C=C\CCCCCCCCCCC)COC(=O)CCCCCCCCCCCCCCC. The van der Waals surface area contributed by atoms with E-state index in [1.807, 2.05) is 6.08 Å². The Kier molecular flexibility index (Phi) is 49.3. The number of hydrogen-bond acceptors (Lipinski definition) is 6. The van der Waals surface area contributed by atoms with E-state index in [9.17, 15) is 14.4 Å². The van der Waals surface area contributed by atoms with Crippen LogP contribution in [0.1, 0.15) is 284 Å². The van der Waals surface area contributed by atoms with Gasteiger partial charge in [-0.3, -0.25) is 14.4 Å². The zero-order valence-corrected chi connectivity index (χ0v) is 41.4. The van der Waals surface area contributed by atoms with Crippen LogP contribution in [0, 0.1) is 0 Å². The summed E-state index contributed by atoms with van der Waals surface area (Å²) >= 11 is 0. The molecule has 0 N–H and O–H groups in total. The van der Waals surface area contributed by atoms with Crippen molar-refractivity contribution in [2.24, 2.45) is 0 Å². The zero-order chi connectivity index (χ0) is 45.1. The van der Waals surface area contributed by atoms with Crippen LogP contribution in [0.15, 0.2) is 36.5 Å². The number of unbranched alkanes of at least 4 members (excludes halogenated alkanes) is 32. The first-order chi connectivity index (χ1) is 30.5. The monoisotopic (exact) mass is 871 g/mol. The number of esters is 3. The Morgan fingerprint density at radius 1 is 0.323 bits per heavy atom. The van der Waals surface area contributed by atoms with Gasteiger partial charge in [-0.15, -0.1) is 0 Å². The van der Waals surface area contributed by atoms with Gasteiger partial charge in [0, 0.05) is 19.3 Å². The summed E-state index contributed by atoms with van der Waals surface area (Å²) in [5, 5.41) is 0. The van der Waals surface area contributed by atoms with Gasteiger partial charge in [-0.2, -0.15) is 0 Å². The predicted molar refractivity (Wildman–Crippen MR) is 266 cm³/mol. The van der Waals surface area contributed by atoms with Gasteiger partial charge in [0.25, 0.3) is 0 Å². The summed E-state index contributed by atoms with van der Waals surface area (Å²) in [6, 6.07) is 0. The molecular weight excluding hydrogens is 769 g/mol. The molecule has 0 aromatic rings. The normalized spacial score (nSPS) is 12.2. The highest BCUT2D eigenvalue weighted by molar-refractivity contribution is 5.71. The van der Waals surface area contributed by atoms with E-state index in [1.54, 1.807) is 0 Å². The Bertz CT molecular complexity index is 1050. The first kappa shape index (κ1) is 59.6. The number of carbonyl (C=O) groups is 3. The number of carbonyl (C=O) groups excluding carboxylic acids is 3. The van der Waals surface area contributed by atoms with Gasteiger partial charge in [-0.25, -0.2) is 0 Å². The predicted octanol–water partition coefficient (Wildman–Crippen LogP) is 17.7. The number of rotatable bonds is 49. The molecule has 62 heavy (non-hydrogen) atoms. The smallest absolute Gasteiger partial charge is 0.306 e. The van der Waals surface area contributed by atoms with Crippen LogP contribution in [-0.2, 0) is 28.6 Å². The van der Waals surface area contributed by atoms with Gasteiger partial charge in [0.05, 0.1) is 0 Å². The fourth-order valence-corrected chi connectivity index (χ4v) is 7.79. The standard InChI is InChI=1S/C56H102O6/c1-4-7-10-13-16-19-22-25-26-27-28-29-32-34-37-40-43-46-49-55(58)61-52-53(62-56(59)50-47-44-41-38-35-31-24-21-18-15-12-9-6-3)51-60-54(57)48-45-42-39-36-33-30-23-20-17-14-11-8-5-2/h28-29,31,35,41,44,53H,4-27,30,32-34,36-40,42-43,45-52H2,1-3H3/b29-28-,35-31-,44-41-. The van der Waals surface area contributed by atoms with E-state index in [-0.39, 0.29) is 37.5 Å². The van der Waals surface area contributed by atoms with Gasteiger partial charge >= 0.3 is 17.9 Å². The first-order valence-corrected chi connectivity index (χ1v) is 27.0. The van der Waals surface area contributed by atoms with Gasteiger partial charge < -0.3 is 14.2 Å². The van der Waals surface area contributed by atoms with Crippen molar-refractivity contribution in [3.05, 3.63) is 36.5 Å². The van der Waals surface area contributed by atoms with Gasteiger partial charge in [0.1, 0.15) is 13.2 Å². The summed E-state index contributed by atoms with van der Waals surface area (Å²) in [6.45, 7) is 6.60. The molecule has 6 nitrogen and oxygen atoms in total. The summed E-state index contributed by atoms with van der Waals surface area (Å²) in [4.78, 5) is 37.9. The largest absolute Gasteiger partial charge is 0.462 e. The molecule has 0 radical (unpaired) electrons. The average molecular weight is 871 g/mol. The minimum Gasteiger partial charge on any atom is -0.462 e. The van der Waals surface area contributed by atoms with Crippen molar-refractivity contribution in [3.63, 3.8) is 0 Å². The topological polar surface area (TPSA) is 78.9 Å². The third-order valence-electron chi connectivity index (χ3n) is 11.9. The molecule has 0 heterocycles. The molecule has 0 rings (SSSR count). The lowest BCUT2D eigenvalue weighted by atomic mass is 10.0. The maximum atomic E-state index is 12.8. The molecule has 0 aliphatic rings. The maximum Gasteiger partial charge on any atom is 0.306 e. The Hall–Kier alpha value is -2.37. The van der Waals surface area contributed by atoms with Gasteiger partial charge in [-0.1, -0.05) is 237 Å². The van der Waals surface area contributed by atoms with Crippen LogP contribution in [0.2, 0.25) is 0 Å². The second kappa shape index (κ2) is 51.3. The lowest BCUT2D eigenvalue weighted by Gasteiger charge is -2.18. The minimum absolute atomic E-state index is 0.0941. The Balaban J connectivity index is 4.39. The van der Waals surface area contributed by atoms with E-state index in [2.05, 4.69) is 51.2 Å². The molecule has 0 aliphatic carbocycles. The van der Waals surface area contributed by atoms with Gasteiger partial charge in [0.2, 0.25) is 0 Å². The number of ether oxygens (including phenoxy) is 3. The Labute approximate surface area is 385 Å². The highest BCUT2D eigenvalue weighted by Crippen LogP contribution is 2.15. The summed E-state index contributed by atoms with van der Waals surface area (Å²) in [5.74, 6) is -0.960. The highest BCUT2D eigenvalue weighted by atomic mass is 16.6. The second-order valence-corrected chi connectivity index (χ2v) is 18.1. The van der Waals surface area contributed by atoms with E-state index >= 15 is 0 Å². The van der Waals surface area contributed by atoms with Gasteiger partial charge in [-0.05, 0) is 64.2 Å². The molecule has 0 amide bonds. The zero-order valence-electron chi connectivity index (χ0n) is 41.4. The van der Waals surface area contributed by atoms with Crippen molar-refractivity contribution in [1.82, 2.24) is 0 Å².